The molecule has 0 saturated carbocycles. The normalized spacial score (nSPS) is 18.0. The Morgan fingerprint density at radius 3 is 2.11 bits per heavy atom. The van der Waals surface area contributed by atoms with E-state index in [0.29, 0.717) is 0 Å². The monoisotopic (exact) mass is 142 g/mol. The summed E-state index contributed by atoms with van der Waals surface area (Å²) >= 11 is 0. The van der Waals surface area contributed by atoms with Crippen LogP contribution >= 0.6 is 0 Å². The summed E-state index contributed by atoms with van der Waals surface area (Å²) in [4.78, 5) is 0. The average Bonchev–Trinajstić information content (AvgIpc) is 1.65. The number of rotatable bonds is 3. The molecule has 0 aliphatic heterocycles. The highest BCUT2D eigenvalue weighted by Crippen LogP contribution is 2.23. The van der Waals surface area contributed by atoms with Crippen LogP contribution in [0.3, 0.4) is 0 Å². The van der Waals surface area contributed by atoms with Crippen molar-refractivity contribution in [3.8, 4) is 0 Å². The molecule has 0 spiro atoms. The second-order valence-corrected chi connectivity index (χ2v) is 2.05. The summed E-state index contributed by atoms with van der Waals surface area (Å²) in [5.74, 6) is 0. The smallest absolute Gasteiger partial charge is 0.271 e. The van der Waals surface area contributed by atoms with E-state index in [2.05, 4.69) is 0 Å². The van der Waals surface area contributed by atoms with E-state index in [1.807, 2.05) is 0 Å². The molecule has 0 fully saturated rings. The van der Waals surface area contributed by atoms with Gasteiger partial charge in [0, 0.05) is 13.0 Å². The molecule has 0 aliphatic rings. The first kappa shape index (κ1) is 8.75. The van der Waals surface area contributed by atoms with E-state index in [0.717, 1.165) is 6.92 Å². The van der Waals surface area contributed by atoms with Crippen molar-refractivity contribution >= 4 is 0 Å². The van der Waals surface area contributed by atoms with Gasteiger partial charge in [-0.1, -0.05) is 0 Å². The summed E-state index contributed by atoms with van der Waals surface area (Å²) < 4.78 is 35.3. The zero-order chi connectivity index (χ0) is 7.49. The van der Waals surface area contributed by atoms with E-state index in [-0.39, 0.29) is 0 Å². The molecule has 0 bridgehead atoms. The molecule has 0 aromatic carbocycles. The molecule has 0 aromatic rings. The second kappa shape index (κ2) is 3.06. The number of aliphatic hydroxyl groups is 1. The van der Waals surface area contributed by atoms with Gasteiger partial charge in [0.2, 0.25) is 0 Å². The number of aliphatic hydroxyl groups excluding tert-OH is 1. The lowest BCUT2D eigenvalue weighted by atomic mass is 10.1. The minimum absolute atomic E-state index is 0.509. The number of hydrogen-bond donors (Lipinski definition) is 1. The van der Waals surface area contributed by atoms with E-state index in [1.54, 1.807) is 0 Å². The maximum Gasteiger partial charge on any atom is 0.271 e. The van der Waals surface area contributed by atoms with Gasteiger partial charge in [0.1, 0.15) is 0 Å². The van der Waals surface area contributed by atoms with E-state index in [1.165, 1.54) is 0 Å². The molecule has 1 atom stereocenters. The molecule has 0 saturated heterocycles. The summed E-state index contributed by atoms with van der Waals surface area (Å²) in [6.07, 6.45) is -3.52. The third-order valence-corrected chi connectivity index (χ3v) is 1.06. The molecule has 1 nitrogen and oxygen atoms in total. The fourth-order valence-electron chi connectivity index (χ4n) is 0.328. The molecule has 0 aliphatic carbocycles. The van der Waals surface area contributed by atoms with Gasteiger partial charge in [-0.15, -0.1) is 0 Å². The SMILES string of the molecule is CC(F)(CCO)C(F)F. The Labute approximate surface area is 51.5 Å². The molecule has 0 heterocycles. The molecule has 4 heteroatoms. The van der Waals surface area contributed by atoms with Gasteiger partial charge >= 0.3 is 0 Å². The van der Waals surface area contributed by atoms with Crippen molar-refractivity contribution in [3.63, 3.8) is 0 Å². The molecule has 1 N–H and O–H groups in total. The number of halogens is 3. The van der Waals surface area contributed by atoms with Gasteiger partial charge in [-0.2, -0.15) is 0 Å². The molecule has 56 valence electrons. The van der Waals surface area contributed by atoms with Crippen LogP contribution in [-0.2, 0) is 0 Å². The Kier molecular flexibility index (Phi) is 2.97. The Balaban J connectivity index is 3.70. The maximum atomic E-state index is 12.3. The van der Waals surface area contributed by atoms with E-state index in [9.17, 15) is 13.2 Å². The highest BCUT2D eigenvalue weighted by molar-refractivity contribution is 4.74. The van der Waals surface area contributed by atoms with Crippen LogP contribution in [0.25, 0.3) is 0 Å². The molecule has 0 amide bonds. The summed E-state index contributed by atoms with van der Waals surface area (Å²) in [6, 6.07) is 0. The van der Waals surface area contributed by atoms with E-state index >= 15 is 0 Å². The van der Waals surface area contributed by atoms with Gasteiger partial charge in [0.05, 0.1) is 0 Å². The average molecular weight is 142 g/mol. The first-order valence-corrected chi connectivity index (χ1v) is 2.58. The van der Waals surface area contributed by atoms with Crippen molar-refractivity contribution in [2.24, 2.45) is 0 Å². The highest BCUT2D eigenvalue weighted by Gasteiger charge is 2.33. The van der Waals surface area contributed by atoms with Crippen LogP contribution in [-0.4, -0.2) is 23.8 Å². The van der Waals surface area contributed by atoms with E-state index in [4.69, 9.17) is 5.11 Å². The molecular weight excluding hydrogens is 133 g/mol. The molecule has 0 radical (unpaired) electrons. The zero-order valence-electron chi connectivity index (χ0n) is 5.07. The number of alkyl halides is 3. The Hall–Kier alpha value is -0.250. The fourth-order valence-corrected chi connectivity index (χ4v) is 0.328. The first-order chi connectivity index (χ1) is 4.00. The van der Waals surface area contributed by atoms with E-state index < -0.39 is 25.1 Å². The lowest BCUT2D eigenvalue weighted by Gasteiger charge is -2.16. The summed E-state index contributed by atoms with van der Waals surface area (Å²) in [5.41, 5.74) is -2.53. The predicted molar refractivity (Wildman–Crippen MR) is 27.2 cm³/mol. The van der Waals surface area contributed by atoms with Crippen LogP contribution < -0.4 is 0 Å². The zero-order valence-corrected chi connectivity index (χ0v) is 5.07. The standard InChI is InChI=1S/C5H9F3O/c1-5(8,2-3-9)4(6)7/h4,9H,2-3H2,1H3. The quantitative estimate of drug-likeness (QED) is 0.630. The minimum atomic E-state index is -3.01. The highest BCUT2D eigenvalue weighted by atomic mass is 19.3. The van der Waals surface area contributed by atoms with Gasteiger partial charge in [0.15, 0.2) is 5.67 Å². The Bertz CT molecular complexity index is 82.3. The molecule has 9 heavy (non-hydrogen) atoms. The van der Waals surface area contributed by atoms with Crippen LogP contribution in [0.2, 0.25) is 0 Å². The Morgan fingerprint density at radius 2 is 2.00 bits per heavy atom. The van der Waals surface area contributed by atoms with Crippen LogP contribution in [0.5, 0.6) is 0 Å². The molecule has 0 aromatic heterocycles. The van der Waals surface area contributed by atoms with Gasteiger partial charge < -0.3 is 5.11 Å². The molecule has 0 rings (SSSR count). The van der Waals surface area contributed by atoms with Crippen molar-refractivity contribution in [3.05, 3.63) is 0 Å². The maximum absolute atomic E-state index is 12.3. The summed E-state index contributed by atoms with van der Waals surface area (Å²) in [6.45, 7) is 0.227. The van der Waals surface area contributed by atoms with Crippen LogP contribution in [0.15, 0.2) is 0 Å². The van der Waals surface area contributed by atoms with Gasteiger partial charge in [-0.05, 0) is 6.92 Å². The topological polar surface area (TPSA) is 20.2 Å². The van der Waals surface area contributed by atoms with Crippen molar-refractivity contribution in [1.29, 1.82) is 0 Å². The van der Waals surface area contributed by atoms with Crippen molar-refractivity contribution in [2.45, 2.75) is 25.4 Å². The van der Waals surface area contributed by atoms with Crippen molar-refractivity contribution < 1.29 is 18.3 Å². The number of hydrogen-bond acceptors (Lipinski definition) is 1. The third kappa shape index (κ3) is 2.70. The fraction of sp³-hybridized carbons (Fsp3) is 1.00. The lowest BCUT2D eigenvalue weighted by molar-refractivity contribution is -0.0355. The van der Waals surface area contributed by atoms with Crippen molar-refractivity contribution in [1.82, 2.24) is 0 Å². The first-order valence-electron chi connectivity index (χ1n) is 2.58. The Morgan fingerprint density at radius 1 is 1.56 bits per heavy atom. The van der Waals surface area contributed by atoms with Crippen LogP contribution in [0, 0.1) is 0 Å². The second-order valence-electron chi connectivity index (χ2n) is 2.05. The molecule has 1 unspecified atom stereocenters. The summed E-state index contributed by atoms with van der Waals surface area (Å²) in [7, 11) is 0. The van der Waals surface area contributed by atoms with Crippen LogP contribution in [0.4, 0.5) is 13.2 Å². The predicted octanol–water partition coefficient (Wildman–Crippen LogP) is 1.36. The third-order valence-electron chi connectivity index (χ3n) is 1.06. The van der Waals surface area contributed by atoms with Crippen molar-refractivity contribution in [2.75, 3.05) is 6.61 Å². The lowest BCUT2D eigenvalue weighted by Crippen LogP contribution is -2.29. The van der Waals surface area contributed by atoms with Gasteiger partial charge in [-0.25, -0.2) is 13.2 Å². The van der Waals surface area contributed by atoms with Gasteiger partial charge in [-0.3, -0.25) is 0 Å². The molecular formula is C5H9F3O. The van der Waals surface area contributed by atoms with Crippen LogP contribution in [0.1, 0.15) is 13.3 Å². The largest absolute Gasteiger partial charge is 0.396 e. The minimum Gasteiger partial charge on any atom is -0.396 e. The summed E-state index contributed by atoms with van der Waals surface area (Å²) in [5, 5.41) is 8.08. The van der Waals surface area contributed by atoms with Gasteiger partial charge in [0.25, 0.3) is 6.43 Å².